The van der Waals surface area contributed by atoms with E-state index in [1.165, 1.54) is 22.3 Å². The van der Waals surface area contributed by atoms with Crippen molar-refractivity contribution in [1.29, 1.82) is 0 Å². The lowest BCUT2D eigenvalue weighted by molar-refractivity contribution is 0.0206. The summed E-state index contributed by atoms with van der Waals surface area (Å²) >= 11 is 0. The van der Waals surface area contributed by atoms with Crippen LogP contribution in [0.1, 0.15) is 107 Å². The van der Waals surface area contributed by atoms with Gasteiger partial charge in [0.15, 0.2) is 0 Å². The van der Waals surface area contributed by atoms with Gasteiger partial charge in [-0.1, -0.05) is 42.5 Å². The van der Waals surface area contributed by atoms with Crippen LogP contribution < -0.4 is 0 Å². The molecule has 0 aromatic heterocycles. The summed E-state index contributed by atoms with van der Waals surface area (Å²) in [6.45, 7) is 18.2. The highest BCUT2D eigenvalue weighted by molar-refractivity contribution is 5.70. The third kappa shape index (κ3) is 14.0. The van der Waals surface area contributed by atoms with Crippen LogP contribution >= 0.6 is 0 Å². The van der Waals surface area contributed by atoms with Gasteiger partial charge in [-0.15, -0.1) is 0 Å². The van der Waals surface area contributed by atoms with Crippen molar-refractivity contribution in [3.05, 3.63) is 75.9 Å². The SMILES string of the molecule is COCC=Cc1ccc(C)c(CN(C(=O)OC(C)(C)C)C2CC2)c1.COCCCc1ccc(C)c(CN(C(=O)OC(C)(C)C)C2CC2)c1. The van der Waals surface area contributed by atoms with E-state index < -0.39 is 11.2 Å². The van der Waals surface area contributed by atoms with E-state index in [1.54, 1.807) is 14.2 Å². The van der Waals surface area contributed by atoms with Gasteiger partial charge in [0.25, 0.3) is 0 Å². The number of hydrogen-bond acceptors (Lipinski definition) is 6. The molecule has 2 fully saturated rings. The van der Waals surface area contributed by atoms with Gasteiger partial charge in [0.1, 0.15) is 11.2 Å². The molecule has 2 aliphatic carbocycles. The molecule has 0 N–H and O–H groups in total. The molecule has 2 aliphatic rings. The lowest BCUT2D eigenvalue weighted by atomic mass is 10.0. The number of ether oxygens (including phenoxy) is 4. The van der Waals surface area contributed by atoms with Gasteiger partial charge >= 0.3 is 12.2 Å². The number of rotatable bonds is 13. The number of carbonyl (C=O) groups excluding carboxylic acids is 2. The van der Waals surface area contributed by atoms with Gasteiger partial charge in [0, 0.05) is 46.0 Å². The predicted octanol–water partition coefficient (Wildman–Crippen LogP) is 9.03. The van der Waals surface area contributed by atoms with Gasteiger partial charge < -0.3 is 28.7 Å². The van der Waals surface area contributed by atoms with Crippen LogP contribution in [-0.4, -0.2) is 72.7 Å². The minimum atomic E-state index is -0.468. The van der Waals surface area contributed by atoms with Gasteiger partial charge in [-0.05, 0) is 133 Å². The average molecular weight is 665 g/mol. The average Bonchev–Trinajstić information content (AvgIpc) is 3.91. The molecule has 2 amide bonds. The summed E-state index contributed by atoms with van der Waals surface area (Å²) in [5.41, 5.74) is 6.27. The second kappa shape index (κ2) is 17.9. The molecule has 0 saturated heterocycles. The molecule has 0 spiro atoms. The lowest BCUT2D eigenvalue weighted by Gasteiger charge is -2.28. The molecule has 0 heterocycles. The Morgan fingerprint density at radius 2 is 1.25 bits per heavy atom. The van der Waals surface area contributed by atoms with Crippen molar-refractivity contribution in [3.63, 3.8) is 0 Å². The first-order valence-electron chi connectivity index (χ1n) is 17.4. The van der Waals surface area contributed by atoms with E-state index >= 15 is 0 Å². The fourth-order valence-electron chi connectivity index (χ4n) is 5.18. The van der Waals surface area contributed by atoms with Crippen LogP contribution in [0.4, 0.5) is 9.59 Å². The fraction of sp³-hybridized carbons (Fsp3) is 0.600. The van der Waals surface area contributed by atoms with Crippen molar-refractivity contribution in [2.24, 2.45) is 0 Å². The Morgan fingerprint density at radius 1 is 0.750 bits per heavy atom. The quantitative estimate of drug-likeness (QED) is 0.199. The standard InChI is InChI=1S/C20H31NO3.C20H29NO3/c2*1-15-8-9-16(7-6-12-23-5)13-17(15)14-21(18-10-11-18)19(22)24-20(2,3)4/h8-9,13,18H,6-7,10-12,14H2,1-5H3;6-9,13,18H,10-12,14H2,1-5H3. The van der Waals surface area contributed by atoms with Gasteiger partial charge in [0.2, 0.25) is 0 Å². The lowest BCUT2D eigenvalue weighted by Crippen LogP contribution is -2.38. The molecular formula is C40H60N2O6. The summed E-state index contributed by atoms with van der Waals surface area (Å²) in [4.78, 5) is 28.8. The summed E-state index contributed by atoms with van der Waals surface area (Å²) in [5.74, 6) is 0. The van der Waals surface area contributed by atoms with Crippen LogP contribution in [0.2, 0.25) is 0 Å². The number of carbonyl (C=O) groups is 2. The first-order chi connectivity index (χ1) is 22.6. The zero-order chi connectivity index (χ0) is 35.5. The largest absolute Gasteiger partial charge is 0.444 e. The van der Waals surface area contributed by atoms with Crippen LogP contribution in [-0.2, 0) is 38.5 Å². The number of hydrogen-bond donors (Lipinski definition) is 0. The van der Waals surface area contributed by atoms with Gasteiger partial charge in [0.05, 0.1) is 6.61 Å². The molecule has 4 rings (SSSR count). The maximum Gasteiger partial charge on any atom is 0.410 e. The molecule has 0 unspecified atom stereocenters. The van der Waals surface area contributed by atoms with E-state index in [9.17, 15) is 9.59 Å². The van der Waals surface area contributed by atoms with E-state index in [2.05, 4.69) is 50.2 Å². The predicted molar refractivity (Wildman–Crippen MR) is 193 cm³/mol. The molecule has 48 heavy (non-hydrogen) atoms. The molecule has 2 aromatic carbocycles. The smallest absolute Gasteiger partial charge is 0.410 e. The number of nitrogens with zero attached hydrogens (tertiary/aromatic N) is 2. The number of methoxy groups -OCH3 is 2. The topological polar surface area (TPSA) is 77.5 Å². The Bertz CT molecular complexity index is 1360. The first-order valence-corrected chi connectivity index (χ1v) is 17.4. The number of amides is 2. The van der Waals surface area contributed by atoms with Crippen LogP contribution in [0.5, 0.6) is 0 Å². The Kier molecular flexibility index (Phi) is 14.5. The van der Waals surface area contributed by atoms with Crippen LogP contribution in [0, 0.1) is 13.8 Å². The summed E-state index contributed by atoms with van der Waals surface area (Å²) < 4.78 is 21.3. The molecule has 0 bridgehead atoms. The minimum absolute atomic E-state index is 0.200. The Morgan fingerprint density at radius 3 is 1.71 bits per heavy atom. The van der Waals surface area contributed by atoms with Crippen molar-refractivity contribution in [2.75, 3.05) is 27.4 Å². The Labute approximate surface area is 289 Å². The molecule has 0 aliphatic heterocycles. The van der Waals surface area contributed by atoms with Crippen molar-refractivity contribution in [1.82, 2.24) is 9.80 Å². The van der Waals surface area contributed by atoms with Gasteiger partial charge in [-0.25, -0.2) is 9.59 Å². The van der Waals surface area contributed by atoms with E-state index in [-0.39, 0.29) is 12.2 Å². The molecule has 0 radical (unpaired) electrons. The second-order valence-electron chi connectivity index (χ2n) is 15.1. The highest BCUT2D eigenvalue weighted by atomic mass is 16.6. The Balaban J connectivity index is 0.000000260. The zero-order valence-electron chi connectivity index (χ0n) is 31.2. The van der Waals surface area contributed by atoms with Crippen LogP contribution in [0.3, 0.4) is 0 Å². The van der Waals surface area contributed by atoms with E-state index in [4.69, 9.17) is 18.9 Å². The molecule has 266 valence electrons. The normalized spacial score (nSPS) is 14.7. The second-order valence-corrected chi connectivity index (χ2v) is 15.1. The first kappa shape index (κ1) is 39.1. The number of benzene rings is 2. The van der Waals surface area contributed by atoms with E-state index in [0.29, 0.717) is 31.8 Å². The summed E-state index contributed by atoms with van der Waals surface area (Å²) in [7, 11) is 3.41. The summed E-state index contributed by atoms with van der Waals surface area (Å²) in [5, 5.41) is 0. The third-order valence-corrected chi connectivity index (χ3v) is 8.09. The number of aryl methyl sites for hydroxylation is 3. The highest BCUT2D eigenvalue weighted by Gasteiger charge is 2.36. The maximum absolute atomic E-state index is 12.5. The van der Waals surface area contributed by atoms with Gasteiger partial charge in [-0.2, -0.15) is 0 Å². The van der Waals surface area contributed by atoms with Crippen molar-refractivity contribution >= 4 is 18.3 Å². The van der Waals surface area contributed by atoms with Crippen molar-refractivity contribution < 1.29 is 28.5 Å². The van der Waals surface area contributed by atoms with E-state index in [1.807, 2.05) is 63.5 Å². The highest BCUT2D eigenvalue weighted by Crippen LogP contribution is 2.32. The molecule has 8 heteroatoms. The van der Waals surface area contributed by atoms with Crippen LogP contribution in [0.25, 0.3) is 6.08 Å². The molecular weight excluding hydrogens is 604 g/mol. The molecule has 2 saturated carbocycles. The molecule has 8 nitrogen and oxygen atoms in total. The monoisotopic (exact) mass is 664 g/mol. The zero-order valence-corrected chi connectivity index (χ0v) is 31.2. The van der Waals surface area contributed by atoms with E-state index in [0.717, 1.165) is 56.3 Å². The fourth-order valence-corrected chi connectivity index (χ4v) is 5.18. The van der Waals surface area contributed by atoms with Crippen molar-refractivity contribution in [3.8, 4) is 0 Å². The summed E-state index contributed by atoms with van der Waals surface area (Å²) in [6.07, 6.45) is 9.89. The van der Waals surface area contributed by atoms with Crippen molar-refractivity contribution in [2.45, 2.75) is 130 Å². The minimum Gasteiger partial charge on any atom is -0.444 e. The van der Waals surface area contributed by atoms with Gasteiger partial charge in [-0.3, -0.25) is 0 Å². The molecule has 0 atom stereocenters. The summed E-state index contributed by atoms with van der Waals surface area (Å²) in [6, 6.07) is 13.5. The maximum atomic E-state index is 12.5. The molecule has 2 aromatic rings. The Hall–Kier alpha value is -3.36. The van der Waals surface area contributed by atoms with Crippen LogP contribution in [0.15, 0.2) is 42.5 Å². The third-order valence-electron chi connectivity index (χ3n) is 8.09.